The first-order valence-corrected chi connectivity index (χ1v) is 8.73. The van der Waals surface area contributed by atoms with Crippen LogP contribution in [0.1, 0.15) is 55.4 Å². The van der Waals surface area contributed by atoms with E-state index in [0.29, 0.717) is 23.3 Å². The van der Waals surface area contributed by atoms with E-state index in [9.17, 15) is 0 Å². The van der Waals surface area contributed by atoms with Crippen LogP contribution in [0.3, 0.4) is 0 Å². The fourth-order valence-electron chi connectivity index (χ4n) is 2.86. The molecule has 22 heavy (non-hydrogen) atoms. The number of hydrogen-bond acceptors (Lipinski definition) is 4. The van der Waals surface area contributed by atoms with Gasteiger partial charge < -0.3 is 9.47 Å². The van der Waals surface area contributed by atoms with E-state index in [1.165, 1.54) is 0 Å². The first kappa shape index (κ1) is 19.9. The summed E-state index contributed by atoms with van der Waals surface area (Å²) >= 11 is 0. The third-order valence-corrected chi connectivity index (χ3v) is 4.38. The number of rotatable bonds is 0. The Morgan fingerprint density at radius 1 is 0.682 bits per heavy atom. The highest BCUT2D eigenvalue weighted by atomic mass is 16.5. The van der Waals surface area contributed by atoms with Crippen LogP contribution in [0.25, 0.3) is 0 Å². The van der Waals surface area contributed by atoms with E-state index in [0.717, 1.165) is 39.4 Å². The van der Waals surface area contributed by atoms with Crippen LogP contribution in [0.2, 0.25) is 0 Å². The molecule has 4 nitrogen and oxygen atoms in total. The molecule has 2 rings (SSSR count). The van der Waals surface area contributed by atoms with Crippen molar-refractivity contribution in [1.82, 2.24) is 9.80 Å². The van der Waals surface area contributed by atoms with Crippen LogP contribution in [0.5, 0.6) is 0 Å². The average Bonchev–Trinajstić information content (AvgIpc) is 2.37. The number of morpholine rings is 2. The van der Waals surface area contributed by atoms with E-state index in [-0.39, 0.29) is 0 Å². The van der Waals surface area contributed by atoms with E-state index in [4.69, 9.17) is 9.47 Å². The Bertz CT molecular complexity index is 288. The highest BCUT2D eigenvalue weighted by molar-refractivity contribution is 4.81. The molecule has 0 radical (unpaired) electrons. The van der Waals surface area contributed by atoms with Crippen molar-refractivity contribution >= 4 is 0 Å². The van der Waals surface area contributed by atoms with Crippen LogP contribution in [0.15, 0.2) is 0 Å². The maximum Gasteiger partial charge on any atom is 0.0674 e. The van der Waals surface area contributed by atoms with Crippen molar-refractivity contribution in [2.45, 2.75) is 78.7 Å². The van der Waals surface area contributed by atoms with Crippen LogP contribution >= 0.6 is 0 Å². The van der Waals surface area contributed by atoms with E-state index in [1.807, 2.05) is 0 Å². The summed E-state index contributed by atoms with van der Waals surface area (Å²) in [6.07, 6.45) is 0.811. The summed E-state index contributed by atoms with van der Waals surface area (Å²) in [5.74, 6) is 0. The molecule has 2 aliphatic rings. The standard InChI is InChI=1S/2C9H19NO/c2*1-8-7-10(5-6-11-8)9(2,3)4/h2*8H,5-7H2,1-4H3/t2*8-/m10/s1. The molecule has 2 fully saturated rings. The van der Waals surface area contributed by atoms with Crippen LogP contribution < -0.4 is 0 Å². The summed E-state index contributed by atoms with van der Waals surface area (Å²) in [5.41, 5.74) is 0.607. The molecule has 0 aliphatic carbocycles. The Kier molecular flexibility index (Phi) is 7.31. The zero-order chi connectivity index (χ0) is 17.0. The highest BCUT2D eigenvalue weighted by Crippen LogP contribution is 2.17. The van der Waals surface area contributed by atoms with Gasteiger partial charge in [-0.25, -0.2) is 0 Å². The van der Waals surface area contributed by atoms with Crippen molar-refractivity contribution in [1.29, 1.82) is 0 Å². The van der Waals surface area contributed by atoms with Crippen LogP contribution in [-0.4, -0.2) is 72.5 Å². The molecule has 2 atom stereocenters. The third kappa shape index (κ3) is 6.95. The molecule has 0 amide bonds. The Hall–Kier alpha value is -0.160. The highest BCUT2D eigenvalue weighted by Gasteiger charge is 2.26. The SMILES string of the molecule is C[C@@H]1CN(C(C)(C)C)CCO1.C[C@H]1CN(C(C)(C)C)CCO1. The van der Waals surface area contributed by atoms with Gasteiger partial charge in [0.25, 0.3) is 0 Å². The molecule has 132 valence electrons. The Balaban J connectivity index is 0.000000220. The average molecular weight is 315 g/mol. The van der Waals surface area contributed by atoms with Gasteiger partial charge in [0.2, 0.25) is 0 Å². The molecule has 2 aliphatic heterocycles. The van der Waals surface area contributed by atoms with Gasteiger partial charge in [-0.3, -0.25) is 9.80 Å². The topological polar surface area (TPSA) is 24.9 Å². The summed E-state index contributed by atoms with van der Waals surface area (Å²) in [6, 6.07) is 0. The normalized spacial score (nSPS) is 28.9. The second-order valence-electron chi connectivity index (χ2n) is 8.60. The molecule has 0 saturated carbocycles. The summed E-state index contributed by atoms with van der Waals surface area (Å²) in [6.45, 7) is 23.9. The molecule has 4 heteroatoms. The van der Waals surface area contributed by atoms with E-state index >= 15 is 0 Å². The van der Waals surface area contributed by atoms with Crippen LogP contribution in [0, 0.1) is 0 Å². The predicted molar refractivity (Wildman–Crippen MR) is 93.5 cm³/mol. The van der Waals surface area contributed by atoms with Gasteiger partial charge in [0, 0.05) is 37.3 Å². The molecule has 0 aromatic rings. The zero-order valence-corrected chi connectivity index (χ0v) is 16.1. The summed E-state index contributed by atoms with van der Waals surface area (Å²) in [7, 11) is 0. The van der Waals surface area contributed by atoms with Crippen molar-refractivity contribution in [3.8, 4) is 0 Å². The van der Waals surface area contributed by atoms with E-state index in [2.05, 4.69) is 65.2 Å². The van der Waals surface area contributed by atoms with Gasteiger partial charge in [-0.05, 0) is 55.4 Å². The minimum atomic E-state index is 0.304. The van der Waals surface area contributed by atoms with Gasteiger partial charge in [-0.2, -0.15) is 0 Å². The van der Waals surface area contributed by atoms with E-state index < -0.39 is 0 Å². The van der Waals surface area contributed by atoms with E-state index in [1.54, 1.807) is 0 Å². The molecule has 2 saturated heterocycles. The largest absolute Gasteiger partial charge is 0.376 e. The fraction of sp³-hybridized carbons (Fsp3) is 1.00. The summed E-state index contributed by atoms with van der Waals surface area (Å²) in [4.78, 5) is 4.95. The van der Waals surface area contributed by atoms with Gasteiger partial charge in [-0.1, -0.05) is 0 Å². The van der Waals surface area contributed by atoms with Crippen molar-refractivity contribution in [3.05, 3.63) is 0 Å². The molecule has 0 N–H and O–H groups in total. The van der Waals surface area contributed by atoms with Gasteiger partial charge in [0.15, 0.2) is 0 Å². The summed E-state index contributed by atoms with van der Waals surface area (Å²) < 4.78 is 10.9. The van der Waals surface area contributed by atoms with Gasteiger partial charge in [0.1, 0.15) is 0 Å². The van der Waals surface area contributed by atoms with Gasteiger partial charge in [-0.15, -0.1) is 0 Å². The quantitative estimate of drug-likeness (QED) is 0.686. The predicted octanol–water partition coefficient (Wildman–Crippen LogP) is 3.01. The summed E-state index contributed by atoms with van der Waals surface area (Å²) in [5, 5.41) is 0. The maximum atomic E-state index is 5.46. The van der Waals surface area contributed by atoms with Crippen LogP contribution in [-0.2, 0) is 9.47 Å². The van der Waals surface area contributed by atoms with Gasteiger partial charge in [0.05, 0.1) is 25.4 Å². The molecule has 0 aromatic carbocycles. The van der Waals surface area contributed by atoms with Crippen molar-refractivity contribution < 1.29 is 9.47 Å². The van der Waals surface area contributed by atoms with Crippen molar-refractivity contribution in [2.24, 2.45) is 0 Å². The first-order chi connectivity index (χ1) is 10.00. The molecule has 0 unspecified atom stereocenters. The zero-order valence-electron chi connectivity index (χ0n) is 16.1. The smallest absolute Gasteiger partial charge is 0.0674 e. The maximum absolute atomic E-state index is 5.46. The molecule has 2 heterocycles. The molecular formula is C18H38N2O2. The lowest BCUT2D eigenvalue weighted by molar-refractivity contribution is -0.0494. The minimum Gasteiger partial charge on any atom is -0.376 e. The fourth-order valence-corrected chi connectivity index (χ4v) is 2.86. The second kappa shape index (κ2) is 8.09. The second-order valence-corrected chi connectivity index (χ2v) is 8.60. The first-order valence-electron chi connectivity index (χ1n) is 8.73. The molecule has 0 spiro atoms. The molecule has 0 aromatic heterocycles. The lowest BCUT2D eigenvalue weighted by atomic mass is 10.0. The lowest BCUT2D eigenvalue weighted by Crippen LogP contribution is -2.50. The number of nitrogens with zero attached hydrogens (tertiary/aromatic N) is 2. The number of hydrogen-bond donors (Lipinski definition) is 0. The third-order valence-electron chi connectivity index (χ3n) is 4.38. The Morgan fingerprint density at radius 3 is 1.18 bits per heavy atom. The van der Waals surface area contributed by atoms with Gasteiger partial charge >= 0.3 is 0 Å². The lowest BCUT2D eigenvalue weighted by Gasteiger charge is -2.40. The Labute approximate surface area is 138 Å². The Morgan fingerprint density at radius 2 is 1.00 bits per heavy atom. The van der Waals surface area contributed by atoms with Crippen molar-refractivity contribution in [3.63, 3.8) is 0 Å². The molecular weight excluding hydrogens is 276 g/mol. The minimum absolute atomic E-state index is 0.304. The van der Waals surface area contributed by atoms with Crippen LogP contribution in [0.4, 0.5) is 0 Å². The van der Waals surface area contributed by atoms with Crippen molar-refractivity contribution in [2.75, 3.05) is 39.4 Å². The molecule has 0 bridgehead atoms. The number of ether oxygens (including phenoxy) is 2. The monoisotopic (exact) mass is 314 g/mol.